The summed E-state index contributed by atoms with van der Waals surface area (Å²) in [6.45, 7) is 0.563. The summed E-state index contributed by atoms with van der Waals surface area (Å²) in [5.74, 6) is -0.247. The minimum atomic E-state index is -4.46. The van der Waals surface area contributed by atoms with Gasteiger partial charge < -0.3 is 4.90 Å². The van der Waals surface area contributed by atoms with Crippen molar-refractivity contribution in [1.82, 2.24) is 4.31 Å². The van der Waals surface area contributed by atoms with E-state index in [9.17, 15) is 21.6 Å². The van der Waals surface area contributed by atoms with Crippen LogP contribution in [0.25, 0.3) is 0 Å². The number of hydrogen-bond acceptors (Lipinski definition) is 3. The van der Waals surface area contributed by atoms with Gasteiger partial charge >= 0.3 is 6.18 Å². The van der Waals surface area contributed by atoms with Crippen LogP contribution in [0.5, 0.6) is 0 Å². The molecule has 1 fully saturated rings. The van der Waals surface area contributed by atoms with Gasteiger partial charge in [0.2, 0.25) is 10.0 Å². The van der Waals surface area contributed by atoms with Crippen molar-refractivity contribution in [3.05, 3.63) is 63.6 Å². The Morgan fingerprint density at radius 1 is 0.929 bits per heavy atom. The van der Waals surface area contributed by atoms with Gasteiger partial charge in [-0.3, -0.25) is 0 Å². The quantitative estimate of drug-likeness (QED) is 0.676. The molecule has 0 unspecified atom stereocenters. The van der Waals surface area contributed by atoms with Gasteiger partial charge in [0.15, 0.2) is 0 Å². The smallest absolute Gasteiger partial charge is 0.368 e. The lowest BCUT2D eigenvalue weighted by Crippen LogP contribution is -2.49. The summed E-state index contributed by atoms with van der Waals surface area (Å²) in [6.07, 6.45) is -4.46. The molecule has 1 saturated heterocycles. The van der Waals surface area contributed by atoms with Gasteiger partial charge in [-0.15, -0.1) is 0 Å². The van der Waals surface area contributed by atoms with Crippen molar-refractivity contribution >= 4 is 38.9 Å². The van der Waals surface area contributed by atoms with E-state index in [0.29, 0.717) is 10.6 Å². The number of halogens is 5. The molecule has 0 atom stereocenters. The summed E-state index contributed by atoms with van der Waals surface area (Å²) in [7, 11) is -3.63. The summed E-state index contributed by atoms with van der Waals surface area (Å²) in [5, 5.41) is 0.600. The van der Waals surface area contributed by atoms with Crippen LogP contribution in [0.1, 0.15) is 11.1 Å². The standard InChI is InChI=1S/C18H17Cl2F3N2O2S/c19-15-6-5-13(11-16(15)20)12-28(26,27)25-9-7-24(8-10-25)17-4-2-1-3-14(17)18(21,22)23/h1-6,11H,7-10,12H2. The highest BCUT2D eigenvalue weighted by Crippen LogP contribution is 2.36. The zero-order chi connectivity index (χ0) is 20.5. The normalized spacial score (nSPS) is 16.4. The highest BCUT2D eigenvalue weighted by Gasteiger charge is 2.36. The lowest BCUT2D eigenvalue weighted by Gasteiger charge is -2.36. The van der Waals surface area contributed by atoms with Crippen molar-refractivity contribution in [2.45, 2.75) is 11.9 Å². The van der Waals surface area contributed by atoms with Gasteiger partial charge in [0, 0.05) is 31.9 Å². The van der Waals surface area contributed by atoms with Gasteiger partial charge in [0.1, 0.15) is 0 Å². The molecule has 0 spiro atoms. The van der Waals surface area contributed by atoms with Gasteiger partial charge in [-0.2, -0.15) is 17.5 Å². The maximum Gasteiger partial charge on any atom is 0.418 e. The fourth-order valence-electron chi connectivity index (χ4n) is 3.13. The Balaban J connectivity index is 1.71. The van der Waals surface area contributed by atoms with Gasteiger partial charge in [0.25, 0.3) is 0 Å². The van der Waals surface area contributed by atoms with Gasteiger partial charge in [-0.1, -0.05) is 41.4 Å². The Morgan fingerprint density at radius 2 is 1.57 bits per heavy atom. The Hall–Kier alpha value is -1.48. The molecule has 3 rings (SSSR count). The monoisotopic (exact) mass is 452 g/mol. The largest absolute Gasteiger partial charge is 0.418 e. The number of piperazine rings is 1. The summed E-state index contributed by atoms with van der Waals surface area (Å²) in [6, 6.07) is 9.92. The van der Waals surface area contributed by atoms with Gasteiger partial charge in [-0.25, -0.2) is 8.42 Å². The molecule has 1 aliphatic rings. The van der Waals surface area contributed by atoms with E-state index in [-0.39, 0.29) is 42.6 Å². The molecule has 1 heterocycles. The zero-order valence-corrected chi connectivity index (χ0v) is 16.9. The topological polar surface area (TPSA) is 40.6 Å². The first-order valence-electron chi connectivity index (χ1n) is 8.41. The summed E-state index contributed by atoms with van der Waals surface area (Å²) in [5.41, 5.74) is -0.155. The number of anilines is 1. The Kier molecular flexibility index (Phi) is 6.14. The van der Waals surface area contributed by atoms with Crippen LogP contribution in [0.3, 0.4) is 0 Å². The van der Waals surface area contributed by atoms with E-state index >= 15 is 0 Å². The average molecular weight is 453 g/mol. The molecule has 2 aromatic rings. The maximum atomic E-state index is 13.2. The van der Waals surface area contributed by atoms with Crippen molar-refractivity contribution in [2.24, 2.45) is 0 Å². The molecule has 0 aliphatic carbocycles. The second-order valence-electron chi connectivity index (χ2n) is 6.41. The Bertz CT molecular complexity index is 960. The van der Waals surface area contributed by atoms with E-state index in [0.717, 1.165) is 6.07 Å². The summed E-state index contributed by atoms with van der Waals surface area (Å²) < 4.78 is 66.3. The minimum absolute atomic E-state index is 0.0662. The molecule has 0 radical (unpaired) electrons. The van der Waals surface area contributed by atoms with Crippen LogP contribution in [-0.4, -0.2) is 38.9 Å². The Morgan fingerprint density at radius 3 is 2.18 bits per heavy atom. The number of hydrogen-bond donors (Lipinski definition) is 0. The molecule has 0 N–H and O–H groups in total. The third-order valence-corrected chi connectivity index (χ3v) is 7.10. The van der Waals surface area contributed by atoms with Crippen LogP contribution in [0.15, 0.2) is 42.5 Å². The highest BCUT2D eigenvalue weighted by molar-refractivity contribution is 7.88. The zero-order valence-electron chi connectivity index (χ0n) is 14.6. The van der Waals surface area contributed by atoms with E-state index in [1.165, 1.54) is 34.6 Å². The first-order chi connectivity index (χ1) is 13.1. The molecule has 10 heteroatoms. The molecule has 152 valence electrons. The van der Waals surface area contributed by atoms with Crippen molar-refractivity contribution in [3.8, 4) is 0 Å². The molecule has 28 heavy (non-hydrogen) atoms. The molecular formula is C18H17Cl2F3N2O2S. The average Bonchev–Trinajstić information content (AvgIpc) is 2.64. The second kappa shape index (κ2) is 8.10. The van der Waals surface area contributed by atoms with Crippen LogP contribution in [0, 0.1) is 0 Å². The predicted molar refractivity (Wildman–Crippen MR) is 104 cm³/mol. The van der Waals surface area contributed by atoms with Crippen molar-refractivity contribution in [2.75, 3.05) is 31.1 Å². The number of sulfonamides is 1. The third kappa shape index (κ3) is 4.74. The van der Waals surface area contributed by atoms with E-state index in [4.69, 9.17) is 23.2 Å². The Labute approximate surface area is 171 Å². The number of benzene rings is 2. The lowest BCUT2D eigenvalue weighted by atomic mass is 10.1. The molecule has 1 aliphatic heterocycles. The van der Waals surface area contributed by atoms with Crippen LogP contribution in [0.2, 0.25) is 10.0 Å². The lowest BCUT2D eigenvalue weighted by molar-refractivity contribution is -0.137. The predicted octanol–water partition coefficient (Wildman–Crippen LogP) is 4.66. The first kappa shape index (κ1) is 21.2. The van der Waals surface area contributed by atoms with Crippen LogP contribution in [0.4, 0.5) is 18.9 Å². The number of rotatable bonds is 4. The second-order valence-corrected chi connectivity index (χ2v) is 9.19. The van der Waals surface area contributed by atoms with Crippen LogP contribution in [-0.2, 0) is 22.0 Å². The van der Waals surface area contributed by atoms with Crippen LogP contribution < -0.4 is 4.90 Å². The van der Waals surface area contributed by atoms with E-state index in [2.05, 4.69) is 0 Å². The molecule has 0 saturated carbocycles. The molecule has 0 bridgehead atoms. The van der Waals surface area contributed by atoms with Crippen molar-refractivity contribution in [3.63, 3.8) is 0 Å². The maximum absolute atomic E-state index is 13.2. The fourth-order valence-corrected chi connectivity index (χ4v) is 4.95. The number of nitrogens with zero attached hydrogens (tertiary/aromatic N) is 2. The molecule has 0 amide bonds. The molecule has 4 nitrogen and oxygen atoms in total. The van der Waals surface area contributed by atoms with Crippen LogP contribution >= 0.6 is 23.2 Å². The fraction of sp³-hybridized carbons (Fsp3) is 0.333. The molecule has 0 aromatic heterocycles. The number of alkyl halides is 3. The minimum Gasteiger partial charge on any atom is -0.368 e. The van der Waals surface area contributed by atoms with E-state index in [1.54, 1.807) is 11.0 Å². The molecular weight excluding hydrogens is 436 g/mol. The first-order valence-corrected chi connectivity index (χ1v) is 10.8. The SMILES string of the molecule is O=S(=O)(Cc1ccc(Cl)c(Cl)c1)N1CCN(c2ccccc2C(F)(F)F)CC1. The van der Waals surface area contributed by atoms with Crippen molar-refractivity contribution in [1.29, 1.82) is 0 Å². The van der Waals surface area contributed by atoms with E-state index in [1.807, 2.05) is 0 Å². The third-order valence-electron chi connectivity index (χ3n) is 4.52. The highest BCUT2D eigenvalue weighted by atomic mass is 35.5. The molecule has 2 aromatic carbocycles. The van der Waals surface area contributed by atoms with Gasteiger partial charge in [0.05, 0.1) is 21.4 Å². The van der Waals surface area contributed by atoms with Crippen molar-refractivity contribution < 1.29 is 21.6 Å². The van der Waals surface area contributed by atoms with Gasteiger partial charge in [-0.05, 0) is 29.8 Å². The van der Waals surface area contributed by atoms with E-state index < -0.39 is 21.8 Å². The summed E-state index contributed by atoms with van der Waals surface area (Å²) in [4.78, 5) is 1.56. The summed E-state index contributed by atoms with van der Waals surface area (Å²) >= 11 is 11.8. The number of para-hydroxylation sites is 1.